The number of ketones is 1. The largest absolute Gasteiger partial charge is 0.320 e. The molecule has 156 valence electrons. The smallest absolute Gasteiger partial charge is 0.274 e. The Kier molecular flexibility index (Phi) is 6.17. The van der Waals surface area contributed by atoms with Crippen LogP contribution in [0.5, 0.6) is 0 Å². The molecule has 6 heteroatoms. The van der Waals surface area contributed by atoms with E-state index in [9.17, 15) is 9.59 Å². The molecule has 0 atom stereocenters. The molecule has 1 amide bonds. The number of nitrogens with one attached hydrogen (secondary N) is 1. The zero-order valence-corrected chi connectivity index (χ0v) is 18.4. The van der Waals surface area contributed by atoms with Gasteiger partial charge in [-0.15, -0.1) is 0 Å². The van der Waals surface area contributed by atoms with Crippen molar-refractivity contribution >= 4 is 17.4 Å². The first-order valence-corrected chi connectivity index (χ1v) is 9.90. The number of carbonyl (C=O) groups excluding carboxylic acids is 2. The quantitative estimate of drug-likeness (QED) is 0.622. The molecule has 0 aliphatic rings. The molecular weight excluding hydrogens is 376 g/mol. The Hall–Kier alpha value is -3.25. The van der Waals surface area contributed by atoms with Gasteiger partial charge in [-0.2, -0.15) is 5.10 Å². The Balaban J connectivity index is 2.08. The molecule has 3 rings (SSSR count). The van der Waals surface area contributed by atoms with Crippen LogP contribution in [0, 0.1) is 20.8 Å². The minimum Gasteiger partial charge on any atom is -0.320 e. The van der Waals surface area contributed by atoms with Crippen molar-refractivity contribution in [2.45, 2.75) is 34.2 Å². The summed E-state index contributed by atoms with van der Waals surface area (Å²) in [5.74, 6) is -0.386. The Morgan fingerprint density at radius 3 is 2.37 bits per heavy atom. The minimum absolute atomic E-state index is 0.0854. The van der Waals surface area contributed by atoms with Crippen molar-refractivity contribution in [1.82, 2.24) is 14.7 Å². The average Bonchev–Trinajstić information content (AvgIpc) is 3.06. The normalized spacial score (nSPS) is 11.0. The number of rotatable bonds is 6. The van der Waals surface area contributed by atoms with Crippen LogP contribution in [0.25, 0.3) is 5.69 Å². The van der Waals surface area contributed by atoms with Crippen LogP contribution in [-0.4, -0.2) is 40.5 Å². The SMILES string of the molecule is CC(=O)c1cc(C)cc(C)c1NC(=O)c1cc(CN(C)C)nn1-c1ccccc1C. The van der Waals surface area contributed by atoms with Gasteiger partial charge in [0.25, 0.3) is 5.91 Å². The number of Topliss-reactive ketones (excluding diaryl/α,β-unsaturated/α-hetero) is 1. The first-order chi connectivity index (χ1) is 14.2. The summed E-state index contributed by atoms with van der Waals surface area (Å²) in [5, 5.41) is 7.65. The molecule has 6 nitrogen and oxygen atoms in total. The highest BCUT2D eigenvalue weighted by Gasteiger charge is 2.21. The molecular formula is C24H28N4O2. The fourth-order valence-electron chi connectivity index (χ4n) is 3.57. The van der Waals surface area contributed by atoms with Crippen LogP contribution in [0.3, 0.4) is 0 Å². The lowest BCUT2D eigenvalue weighted by Crippen LogP contribution is -2.19. The van der Waals surface area contributed by atoms with Crippen molar-refractivity contribution in [3.63, 3.8) is 0 Å². The minimum atomic E-state index is -0.301. The lowest BCUT2D eigenvalue weighted by atomic mass is 10.0. The lowest BCUT2D eigenvalue weighted by Gasteiger charge is -2.15. The molecule has 0 bridgehead atoms. The molecule has 0 saturated heterocycles. The lowest BCUT2D eigenvalue weighted by molar-refractivity contribution is 0.101. The highest BCUT2D eigenvalue weighted by Crippen LogP contribution is 2.25. The first kappa shape index (κ1) is 21.5. The number of hydrogen-bond acceptors (Lipinski definition) is 4. The van der Waals surface area contributed by atoms with Gasteiger partial charge in [0.05, 0.1) is 17.1 Å². The van der Waals surface area contributed by atoms with Crippen LogP contribution in [-0.2, 0) is 6.54 Å². The van der Waals surface area contributed by atoms with E-state index in [1.807, 2.05) is 70.1 Å². The maximum atomic E-state index is 13.3. The summed E-state index contributed by atoms with van der Waals surface area (Å²) in [6.07, 6.45) is 0. The summed E-state index contributed by atoms with van der Waals surface area (Å²) in [6.45, 7) is 7.94. The van der Waals surface area contributed by atoms with Gasteiger partial charge >= 0.3 is 0 Å². The number of hydrogen-bond donors (Lipinski definition) is 1. The van der Waals surface area contributed by atoms with E-state index in [0.717, 1.165) is 28.1 Å². The van der Waals surface area contributed by atoms with Crippen LogP contribution in [0.4, 0.5) is 5.69 Å². The second-order valence-corrected chi connectivity index (χ2v) is 7.97. The third-order valence-electron chi connectivity index (χ3n) is 4.91. The van der Waals surface area contributed by atoms with Gasteiger partial charge in [-0.05, 0) is 76.7 Å². The predicted octanol–water partition coefficient (Wildman–Crippen LogP) is 4.31. The van der Waals surface area contributed by atoms with E-state index in [2.05, 4.69) is 10.4 Å². The zero-order valence-electron chi connectivity index (χ0n) is 18.4. The Labute approximate surface area is 177 Å². The fraction of sp³-hybridized carbons (Fsp3) is 0.292. The average molecular weight is 405 g/mol. The molecule has 1 heterocycles. The molecule has 1 aromatic heterocycles. The number of para-hydroxylation sites is 1. The van der Waals surface area contributed by atoms with Crippen molar-refractivity contribution in [2.24, 2.45) is 0 Å². The van der Waals surface area contributed by atoms with E-state index in [4.69, 9.17) is 0 Å². The molecule has 0 fully saturated rings. The molecule has 0 unspecified atom stereocenters. The third kappa shape index (κ3) is 4.49. The van der Waals surface area contributed by atoms with Gasteiger partial charge in [-0.1, -0.05) is 24.3 Å². The number of carbonyl (C=O) groups is 2. The Bertz CT molecular complexity index is 1110. The number of anilines is 1. The second-order valence-electron chi connectivity index (χ2n) is 7.97. The molecule has 0 saturated carbocycles. The number of benzene rings is 2. The topological polar surface area (TPSA) is 67.2 Å². The summed E-state index contributed by atoms with van der Waals surface area (Å²) in [4.78, 5) is 27.5. The highest BCUT2D eigenvalue weighted by atomic mass is 16.2. The number of aromatic nitrogens is 2. The van der Waals surface area contributed by atoms with Gasteiger partial charge in [-0.25, -0.2) is 4.68 Å². The van der Waals surface area contributed by atoms with Gasteiger partial charge in [0.15, 0.2) is 5.78 Å². The Morgan fingerprint density at radius 2 is 1.73 bits per heavy atom. The van der Waals surface area contributed by atoms with E-state index >= 15 is 0 Å². The Morgan fingerprint density at radius 1 is 1.03 bits per heavy atom. The molecule has 0 radical (unpaired) electrons. The van der Waals surface area contributed by atoms with Crippen molar-refractivity contribution < 1.29 is 9.59 Å². The van der Waals surface area contributed by atoms with Crippen LogP contribution in [0.15, 0.2) is 42.5 Å². The standard InChI is InChI=1S/C24H28N4O2/c1-15-11-17(3)23(20(12-15)18(4)29)25-24(30)22-13-19(14-27(5)6)26-28(22)21-10-8-7-9-16(21)2/h7-13H,14H2,1-6H3,(H,25,30). The van der Waals surface area contributed by atoms with Gasteiger partial charge in [0.1, 0.15) is 5.69 Å². The molecule has 0 aliphatic carbocycles. The molecule has 0 spiro atoms. The molecule has 30 heavy (non-hydrogen) atoms. The van der Waals surface area contributed by atoms with Gasteiger partial charge in [0, 0.05) is 12.1 Å². The fourth-order valence-corrected chi connectivity index (χ4v) is 3.57. The predicted molar refractivity (Wildman–Crippen MR) is 120 cm³/mol. The van der Waals surface area contributed by atoms with E-state index in [1.165, 1.54) is 6.92 Å². The van der Waals surface area contributed by atoms with Crippen LogP contribution in [0.2, 0.25) is 0 Å². The molecule has 0 aliphatic heterocycles. The number of amides is 1. The molecule has 2 aromatic carbocycles. The van der Waals surface area contributed by atoms with E-state index in [0.29, 0.717) is 23.5 Å². The van der Waals surface area contributed by atoms with Gasteiger partial charge in [-0.3, -0.25) is 9.59 Å². The maximum absolute atomic E-state index is 13.3. The maximum Gasteiger partial charge on any atom is 0.274 e. The molecule has 1 N–H and O–H groups in total. The second kappa shape index (κ2) is 8.63. The van der Waals surface area contributed by atoms with E-state index in [-0.39, 0.29) is 11.7 Å². The van der Waals surface area contributed by atoms with Gasteiger partial charge < -0.3 is 10.2 Å². The summed E-state index contributed by atoms with van der Waals surface area (Å²) < 4.78 is 1.68. The number of aryl methyl sites for hydroxylation is 3. The van der Waals surface area contributed by atoms with E-state index < -0.39 is 0 Å². The monoisotopic (exact) mass is 404 g/mol. The van der Waals surface area contributed by atoms with Crippen LogP contribution < -0.4 is 5.32 Å². The van der Waals surface area contributed by atoms with Crippen LogP contribution in [0.1, 0.15) is 50.2 Å². The van der Waals surface area contributed by atoms with Gasteiger partial charge in [0.2, 0.25) is 0 Å². The van der Waals surface area contributed by atoms with Crippen LogP contribution >= 0.6 is 0 Å². The molecule has 3 aromatic rings. The third-order valence-corrected chi connectivity index (χ3v) is 4.91. The number of nitrogens with zero attached hydrogens (tertiary/aromatic N) is 3. The summed E-state index contributed by atoms with van der Waals surface area (Å²) in [6, 6.07) is 13.4. The first-order valence-electron chi connectivity index (χ1n) is 9.90. The summed E-state index contributed by atoms with van der Waals surface area (Å²) in [7, 11) is 3.92. The van der Waals surface area contributed by atoms with Crippen molar-refractivity contribution in [3.8, 4) is 5.69 Å². The summed E-state index contributed by atoms with van der Waals surface area (Å²) in [5.41, 5.74) is 5.97. The zero-order chi connectivity index (χ0) is 22.0. The van der Waals surface area contributed by atoms with E-state index in [1.54, 1.807) is 16.8 Å². The van der Waals surface area contributed by atoms with Crippen molar-refractivity contribution in [3.05, 3.63) is 76.1 Å². The highest BCUT2D eigenvalue weighted by molar-refractivity contribution is 6.09. The summed E-state index contributed by atoms with van der Waals surface area (Å²) >= 11 is 0. The van der Waals surface area contributed by atoms with Crippen molar-refractivity contribution in [2.75, 3.05) is 19.4 Å². The van der Waals surface area contributed by atoms with Crippen molar-refractivity contribution in [1.29, 1.82) is 0 Å².